The Morgan fingerprint density at radius 1 is 1.15 bits per heavy atom. The number of ether oxygens (including phenoxy) is 1. The molecule has 4 rings (SSSR count). The van der Waals surface area contributed by atoms with Gasteiger partial charge in [0.05, 0.1) is 29.6 Å². The van der Waals surface area contributed by atoms with Gasteiger partial charge in [0.25, 0.3) is 0 Å². The summed E-state index contributed by atoms with van der Waals surface area (Å²) in [6, 6.07) is 11.0. The van der Waals surface area contributed by atoms with Gasteiger partial charge in [0, 0.05) is 12.6 Å². The van der Waals surface area contributed by atoms with Gasteiger partial charge in [-0.1, -0.05) is 12.1 Å². The number of Topliss-reactive ketones (excluding diaryl/α,β-unsaturated/α-hetero) is 1. The molecule has 4 aromatic rings. The van der Waals surface area contributed by atoms with E-state index in [1.807, 2.05) is 42.6 Å². The van der Waals surface area contributed by atoms with Gasteiger partial charge in [-0.25, -0.2) is 14.4 Å². The van der Waals surface area contributed by atoms with Gasteiger partial charge in [-0.3, -0.25) is 9.78 Å². The van der Waals surface area contributed by atoms with Gasteiger partial charge in [-0.15, -0.1) is 11.3 Å². The summed E-state index contributed by atoms with van der Waals surface area (Å²) in [4.78, 5) is 26.0. The Morgan fingerprint density at radius 3 is 2.73 bits per heavy atom. The van der Waals surface area contributed by atoms with Gasteiger partial charge in [0.2, 0.25) is 5.95 Å². The fourth-order valence-electron chi connectivity index (χ4n) is 3.58. The molecule has 0 spiro atoms. The number of nitrogens with one attached hydrogen (secondary N) is 1. The minimum Gasteiger partial charge on any atom is -0.497 e. The van der Waals surface area contributed by atoms with E-state index in [-0.39, 0.29) is 11.8 Å². The molecule has 1 aromatic carbocycles. The maximum Gasteiger partial charge on any atom is 0.224 e. The van der Waals surface area contributed by atoms with E-state index in [4.69, 9.17) is 4.74 Å². The van der Waals surface area contributed by atoms with Crippen molar-refractivity contribution >= 4 is 33.3 Å². The Bertz CT molecular complexity index is 1240. The van der Waals surface area contributed by atoms with Gasteiger partial charge in [0.15, 0.2) is 5.78 Å². The molecule has 0 aliphatic heterocycles. The molecule has 1 N–H and O–H groups in total. The van der Waals surface area contributed by atoms with Gasteiger partial charge in [-0.05, 0) is 67.0 Å². The highest BCUT2D eigenvalue weighted by molar-refractivity contribution is 7.17. The number of anilines is 1. The highest BCUT2D eigenvalue weighted by atomic mass is 32.1. The van der Waals surface area contributed by atoms with Gasteiger partial charge in [-0.2, -0.15) is 0 Å². The van der Waals surface area contributed by atoms with Crippen molar-refractivity contribution in [2.75, 3.05) is 12.4 Å². The molecule has 0 bridgehead atoms. The molecule has 0 saturated carbocycles. The molecule has 3 heterocycles. The number of rotatable bonds is 10. The molecule has 6 nitrogen and oxygen atoms in total. The van der Waals surface area contributed by atoms with Crippen LogP contribution >= 0.6 is 11.3 Å². The van der Waals surface area contributed by atoms with Crippen molar-refractivity contribution in [3.63, 3.8) is 0 Å². The van der Waals surface area contributed by atoms with Gasteiger partial charge in [0.1, 0.15) is 17.3 Å². The lowest BCUT2D eigenvalue weighted by atomic mass is 10.0. The second-order valence-electron chi connectivity index (χ2n) is 7.81. The van der Waals surface area contributed by atoms with Crippen LogP contribution in [0.3, 0.4) is 0 Å². The summed E-state index contributed by atoms with van der Waals surface area (Å²) in [5.41, 5.74) is 3.06. The van der Waals surface area contributed by atoms with Crippen LogP contribution in [0.5, 0.6) is 5.75 Å². The Hall–Kier alpha value is -3.39. The predicted molar refractivity (Wildman–Crippen MR) is 129 cm³/mol. The number of nitrogens with zero attached hydrogens (tertiary/aromatic N) is 3. The van der Waals surface area contributed by atoms with E-state index in [2.05, 4.69) is 20.3 Å². The van der Waals surface area contributed by atoms with Crippen molar-refractivity contribution in [2.24, 2.45) is 0 Å². The molecule has 0 aliphatic carbocycles. The fourth-order valence-corrected chi connectivity index (χ4v) is 4.42. The average molecular weight is 465 g/mol. The summed E-state index contributed by atoms with van der Waals surface area (Å²) in [6.07, 6.45) is 5.76. The number of benzene rings is 1. The first kappa shape index (κ1) is 22.8. The number of aryl methyl sites for hydroxylation is 1. The number of aromatic nitrogens is 3. The lowest BCUT2D eigenvalue weighted by Crippen LogP contribution is -2.12. The van der Waals surface area contributed by atoms with Crippen LogP contribution in [0.15, 0.2) is 54.2 Å². The molecule has 170 valence electrons. The molecule has 0 fully saturated rings. The second kappa shape index (κ2) is 10.5. The molecule has 0 saturated heterocycles. The molecule has 0 amide bonds. The van der Waals surface area contributed by atoms with Gasteiger partial charge < -0.3 is 10.1 Å². The summed E-state index contributed by atoms with van der Waals surface area (Å²) in [7, 11) is 1.65. The standard InChI is InChI=1S/C25H25FN4O2S/c1-16(18-13-19(26)15-27-14-18)28-25-29-21-11-12-33-24(21)23(30-25)22(31)6-4-3-5-17-7-9-20(32-2)10-8-17/h7-16H,3-6H2,1-2H3,(H,28,29,30)/t16-/m0/s1. The third-order valence-electron chi connectivity index (χ3n) is 5.42. The predicted octanol–water partition coefficient (Wildman–Crippen LogP) is 6.00. The van der Waals surface area contributed by atoms with Crippen molar-refractivity contribution < 1.29 is 13.9 Å². The van der Waals surface area contributed by atoms with Gasteiger partial charge >= 0.3 is 0 Å². The molecule has 0 unspecified atom stereocenters. The number of thiophene rings is 1. The minimum atomic E-state index is -0.402. The van der Waals surface area contributed by atoms with E-state index in [1.165, 1.54) is 23.0 Å². The smallest absolute Gasteiger partial charge is 0.224 e. The van der Waals surface area contributed by atoms with E-state index < -0.39 is 5.82 Å². The summed E-state index contributed by atoms with van der Waals surface area (Å²) in [5.74, 6) is 0.785. The average Bonchev–Trinajstić information content (AvgIpc) is 3.30. The molecule has 3 aromatic heterocycles. The molecular weight excluding hydrogens is 439 g/mol. The third-order valence-corrected chi connectivity index (χ3v) is 6.33. The first-order chi connectivity index (χ1) is 16.0. The molecule has 0 aliphatic rings. The SMILES string of the molecule is COc1ccc(CCCCC(=O)c2nc(N[C@@H](C)c3cncc(F)c3)nc3ccsc23)cc1. The fraction of sp³-hybridized carbons (Fsp3) is 0.280. The number of hydrogen-bond acceptors (Lipinski definition) is 7. The lowest BCUT2D eigenvalue weighted by molar-refractivity contribution is 0.0976. The summed E-state index contributed by atoms with van der Waals surface area (Å²) in [6.45, 7) is 1.87. The largest absolute Gasteiger partial charge is 0.497 e. The van der Waals surface area contributed by atoms with E-state index in [9.17, 15) is 9.18 Å². The van der Waals surface area contributed by atoms with Crippen LogP contribution in [0.2, 0.25) is 0 Å². The maximum absolute atomic E-state index is 13.5. The highest BCUT2D eigenvalue weighted by Crippen LogP contribution is 2.27. The van der Waals surface area contributed by atoms with Crippen molar-refractivity contribution in [1.82, 2.24) is 15.0 Å². The zero-order valence-electron chi connectivity index (χ0n) is 18.5. The number of unbranched alkanes of at least 4 members (excludes halogenated alkanes) is 1. The number of halogens is 1. The zero-order chi connectivity index (χ0) is 23.2. The van der Waals surface area contributed by atoms with Crippen LogP contribution in [0.1, 0.15) is 53.8 Å². The zero-order valence-corrected chi connectivity index (χ0v) is 19.4. The van der Waals surface area contributed by atoms with Crippen molar-refractivity contribution in [1.29, 1.82) is 0 Å². The minimum absolute atomic E-state index is 0.00251. The molecule has 0 radical (unpaired) electrons. The van der Waals surface area contributed by atoms with E-state index in [0.717, 1.165) is 41.4 Å². The number of ketones is 1. The van der Waals surface area contributed by atoms with E-state index >= 15 is 0 Å². The highest BCUT2D eigenvalue weighted by Gasteiger charge is 2.17. The topological polar surface area (TPSA) is 77.0 Å². The van der Waals surface area contributed by atoms with Crippen LogP contribution in [-0.2, 0) is 6.42 Å². The Kier molecular flexibility index (Phi) is 7.24. The van der Waals surface area contributed by atoms with Crippen LogP contribution in [0.25, 0.3) is 10.2 Å². The van der Waals surface area contributed by atoms with Crippen molar-refractivity contribution in [2.45, 2.75) is 38.6 Å². The Balaban J connectivity index is 1.41. The first-order valence-corrected chi connectivity index (χ1v) is 11.7. The van der Waals surface area contributed by atoms with Crippen LogP contribution in [-0.4, -0.2) is 27.8 Å². The maximum atomic E-state index is 13.5. The first-order valence-electron chi connectivity index (χ1n) is 10.8. The van der Waals surface area contributed by atoms with Crippen LogP contribution in [0, 0.1) is 5.82 Å². The number of carbonyl (C=O) groups excluding carboxylic acids is 1. The Morgan fingerprint density at radius 2 is 1.97 bits per heavy atom. The third kappa shape index (κ3) is 5.70. The van der Waals surface area contributed by atoms with Crippen LogP contribution < -0.4 is 10.1 Å². The Labute approximate surface area is 195 Å². The van der Waals surface area contributed by atoms with Crippen molar-refractivity contribution in [3.05, 3.63) is 76.8 Å². The molecule has 8 heteroatoms. The number of fused-ring (bicyclic) bond motifs is 1. The quantitative estimate of drug-likeness (QED) is 0.229. The molecule has 1 atom stereocenters. The van der Waals surface area contributed by atoms with E-state index in [0.29, 0.717) is 23.6 Å². The number of carbonyl (C=O) groups is 1. The summed E-state index contributed by atoms with van der Waals surface area (Å²) < 4.78 is 19.5. The number of hydrogen-bond donors (Lipinski definition) is 1. The second-order valence-corrected chi connectivity index (χ2v) is 8.73. The number of pyridine rings is 1. The normalized spacial score (nSPS) is 12.0. The van der Waals surface area contributed by atoms with E-state index in [1.54, 1.807) is 13.3 Å². The lowest BCUT2D eigenvalue weighted by Gasteiger charge is -2.14. The molecule has 33 heavy (non-hydrogen) atoms. The van der Waals surface area contributed by atoms with Crippen LogP contribution in [0.4, 0.5) is 10.3 Å². The summed E-state index contributed by atoms with van der Waals surface area (Å²) >= 11 is 1.46. The van der Waals surface area contributed by atoms with Crippen molar-refractivity contribution in [3.8, 4) is 5.75 Å². The summed E-state index contributed by atoms with van der Waals surface area (Å²) in [5, 5.41) is 5.08. The molecular formula is C25H25FN4O2S. The monoisotopic (exact) mass is 464 g/mol. The number of methoxy groups -OCH3 is 1.